The Bertz CT molecular complexity index is 917. The maximum Gasteiger partial charge on any atom is 0.122 e. The number of hydrogen-bond acceptors (Lipinski definition) is 4. The van der Waals surface area contributed by atoms with E-state index in [0.29, 0.717) is 13.2 Å². The summed E-state index contributed by atoms with van der Waals surface area (Å²) in [5, 5.41) is 17.7. The lowest BCUT2D eigenvalue weighted by Crippen LogP contribution is -2.00. The highest BCUT2D eigenvalue weighted by molar-refractivity contribution is 5.71. The van der Waals surface area contributed by atoms with E-state index in [1.54, 1.807) is 0 Å². The fraction of sp³-hybridized carbons (Fsp3) is 0.333. The molecule has 0 amide bonds. The third-order valence-electron chi connectivity index (χ3n) is 5.21. The number of aliphatic hydroxyl groups excluding tert-OH is 2. The zero-order valence-electron chi connectivity index (χ0n) is 18.2. The van der Waals surface area contributed by atoms with Crippen molar-refractivity contribution in [1.82, 2.24) is 0 Å². The Morgan fingerprint density at radius 2 is 1.06 bits per heavy atom. The van der Waals surface area contributed by atoms with E-state index in [1.807, 2.05) is 18.2 Å². The summed E-state index contributed by atoms with van der Waals surface area (Å²) in [6, 6.07) is 23.0. The van der Waals surface area contributed by atoms with Gasteiger partial charge in [0.25, 0.3) is 0 Å². The van der Waals surface area contributed by atoms with Crippen molar-refractivity contribution in [2.45, 2.75) is 32.6 Å². The van der Waals surface area contributed by atoms with Crippen LogP contribution in [0, 0.1) is 6.92 Å². The Morgan fingerprint density at radius 3 is 1.61 bits per heavy atom. The molecule has 0 spiro atoms. The Balaban J connectivity index is 1.61. The summed E-state index contributed by atoms with van der Waals surface area (Å²) in [4.78, 5) is 0. The molecule has 0 aliphatic rings. The van der Waals surface area contributed by atoms with Gasteiger partial charge in [0.1, 0.15) is 11.5 Å². The van der Waals surface area contributed by atoms with Gasteiger partial charge in [-0.1, -0.05) is 42.5 Å². The van der Waals surface area contributed by atoms with E-state index in [4.69, 9.17) is 19.7 Å². The zero-order chi connectivity index (χ0) is 21.9. The molecule has 4 heteroatoms. The van der Waals surface area contributed by atoms with Crippen LogP contribution in [-0.2, 0) is 0 Å². The average molecular weight is 421 g/mol. The third-order valence-corrected chi connectivity index (χ3v) is 5.21. The minimum absolute atomic E-state index is 0.209. The van der Waals surface area contributed by atoms with Crippen molar-refractivity contribution in [3.8, 4) is 33.8 Å². The monoisotopic (exact) mass is 420 g/mol. The van der Waals surface area contributed by atoms with Crippen LogP contribution in [0.5, 0.6) is 11.5 Å². The highest BCUT2D eigenvalue weighted by Gasteiger charge is 2.05. The summed E-state index contributed by atoms with van der Waals surface area (Å²) in [5.74, 6) is 1.75. The van der Waals surface area contributed by atoms with Gasteiger partial charge in [-0.05, 0) is 84.7 Å². The summed E-state index contributed by atoms with van der Waals surface area (Å²) in [7, 11) is 0. The van der Waals surface area contributed by atoms with E-state index in [0.717, 1.165) is 53.9 Å². The molecule has 0 atom stereocenters. The number of rotatable bonds is 12. The van der Waals surface area contributed by atoms with Crippen LogP contribution in [0.15, 0.2) is 66.7 Å². The van der Waals surface area contributed by atoms with Crippen molar-refractivity contribution >= 4 is 0 Å². The topological polar surface area (TPSA) is 58.9 Å². The van der Waals surface area contributed by atoms with E-state index in [1.165, 1.54) is 11.1 Å². The molecule has 0 aromatic heterocycles. The van der Waals surface area contributed by atoms with Crippen molar-refractivity contribution in [2.24, 2.45) is 0 Å². The summed E-state index contributed by atoms with van der Waals surface area (Å²) in [6.45, 7) is 3.73. The summed E-state index contributed by atoms with van der Waals surface area (Å²) in [6.07, 6.45) is 3.25. The second-order valence-electron chi connectivity index (χ2n) is 7.64. The summed E-state index contributed by atoms with van der Waals surface area (Å²) >= 11 is 0. The zero-order valence-corrected chi connectivity index (χ0v) is 18.2. The van der Waals surface area contributed by atoms with Crippen LogP contribution in [0.3, 0.4) is 0 Å². The number of aliphatic hydroxyl groups is 2. The standard InChI is InChI=1S/C27H32O4/c1-21-20-25(12-15-27(21)31-19-5-3-17-29)24-8-6-22(7-9-24)23-10-13-26(14-11-23)30-18-4-2-16-28/h6-15,20,28-29H,2-5,16-19H2,1H3. The van der Waals surface area contributed by atoms with Crippen molar-refractivity contribution < 1.29 is 19.7 Å². The molecule has 31 heavy (non-hydrogen) atoms. The molecular formula is C27H32O4. The molecule has 2 N–H and O–H groups in total. The van der Waals surface area contributed by atoms with Crippen LogP contribution in [0.2, 0.25) is 0 Å². The first-order chi connectivity index (χ1) is 15.2. The second-order valence-corrected chi connectivity index (χ2v) is 7.64. The maximum atomic E-state index is 8.86. The largest absolute Gasteiger partial charge is 0.494 e. The predicted octanol–water partition coefficient (Wildman–Crippen LogP) is 5.63. The van der Waals surface area contributed by atoms with Gasteiger partial charge in [0, 0.05) is 13.2 Å². The van der Waals surface area contributed by atoms with Gasteiger partial charge < -0.3 is 19.7 Å². The van der Waals surface area contributed by atoms with Gasteiger partial charge >= 0.3 is 0 Å². The highest BCUT2D eigenvalue weighted by Crippen LogP contribution is 2.29. The molecule has 0 fully saturated rings. The van der Waals surface area contributed by atoms with Crippen molar-refractivity contribution in [1.29, 1.82) is 0 Å². The third kappa shape index (κ3) is 6.84. The van der Waals surface area contributed by atoms with Crippen LogP contribution in [0.1, 0.15) is 31.2 Å². The van der Waals surface area contributed by atoms with E-state index >= 15 is 0 Å². The summed E-state index contributed by atoms with van der Waals surface area (Å²) < 4.78 is 11.5. The average Bonchev–Trinajstić information content (AvgIpc) is 2.81. The van der Waals surface area contributed by atoms with Crippen LogP contribution >= 0.6 is 0 Å². The minimum Gasteiger partial charge on any atom is -0.494 e. The molecule has 0 aliphatic carbocycles. The van der Waals surface area contributed by atoms with E-state index in [-0.39, 0.29) is 13.2 Å². The second kappa shape index (κ2) is 12.1. The van der Waals surface area contributed by atoms with Crippen LogP contribution in [-0.4, -0.2) is 36.6 Å². The van der Waals surface area contributed by atoms with Gasteiger partial charge in [-0.25, -0.2) is 0 Å². The molecular weight excluding hydrogens is 388 g/mol. The number of aryl methyl sites for hydroxylation is 1. The van der Waals surface area contributed by atoms with Gasteiger partial charge in [-0.3, -0.25) is 0 Å². The molecule has 3 aromatic carbocycles. The van der Waals surface area contributed by atoms with Gasteiger partial charge in [-0.2, -0.15) is 0 Å². The molecule has 3 rings (SSSR count). The minimum atomic E-state index is 0.209. The Hall–Kier alpha value is -2.82. The molecule has 3 aromatic rings. The van der Waals surface area contributed by atoms with Crippen LogP contribution in [0.4, 0.5) is 0 Å². The van der Waals surface area contributed by atoms with Gasteiger partial charge in [-0.15, -0.1) is 0 Å². The van der Waals surface area contributed by atoms with E-state index in [9.17, 15) is 0 Å². The quantitative estimate of drug-likeness (QED) is 0.373. The summed E-state index contributed by atoms with van der Waals surface area (Å²) in [5.41, 5.74) is 5.76. The molecule has 0 radical (unpaired) electrons. The van der Waals surface area contributed by atoms with Crippen molar-refractivity contribution in [2.75, 3.05) is 26.4 Å². The Kier molecular flexibility index (Phi) is 8.95. The van der Waals surface area contributed by atoms with Crippen LogP contribution < -0.4 is 9.47 Å². The normalized spacial score (nSPS) is 10.8. The fourth-order valence-electron chi connectivity index (χ4n) is 3.39. The van der Waals surface area contributed by atoms with Gasteiger partial charge in [0.05, 0.1) is 13.2 Å². The smallest absolute Gasteiger partial charge is 0.122 e. The van der Waals surface area contributed by atoms with E-state index in [2.05, 4.69) is 55.5 Å². The fourth-order valence-corrected chi connectivity index (χ4v) is 3.39. The number of ether oxygens (including phenoxy) is 2. The first-order valence-corrected chi connectivity index (χ1v) is 11.0. The lowest BCUT2D eigenvalue weighted by Gasteiger charge is -2.11. The highest BCUT2D eigenvalue weighted by atomic mass is 16.5. The lowest BCUT2D eigenvalue weighted by molar-refractivity contribution is 0.252. The number of hydrogen-bond donors (Lipinski definition) is 2. The molecule has 0 saturated carbocycles. The lowest BCUT2D eigenvalue weighted by atomic mass is 9.99. The van der Waals surface area contributed by atoms with Gasteiger partial charge in [0.15, 0.2) is 0 Å². The SMILES string of the molecule is Cc1cc(-c2ccc(-c3ccc(OCCCCO)cc3)cc2)ccc1OCCCCO. The Morgan fingerprint density at radius 1 is 0.581 bits per heavy atom. The molecule has 0 bridgehead atoms. The predicted molar refractivity (Wildman–Crippen MR) is 126 cm³/mol. The molecule has 164 valence electrons. The first kappa shape index (κ1) is 22.9. The number of benzene rings is 3. The van der Waals surface area contributed by atoms with Crippen molar-refractivity contribution in [3.63, 3.8) is 0 Å². The van der Waals surface area contributed by atoms with E-state index < -0.39 is 0 Å². The van der Waals surface area contributed by atoms with Crippen LogP contribution in [0.25, 0.3) is 22.3 Å². The number of unbranched alkanes of at least 4 members (excludes halogenated alkanes) is 2. The maximum absolute atomic E-state index is 8.86. The van der Waals surface area contributed by atoms with Gasteiger partial charge in [0.2, 0.25) is 0 Å². The molecule has 0 heterocycles. The first-order valence-electron chi connectivity index (χ1n) is 11.0. The van der Waals surface area contributed by atoms with Crippen molar-refractivity contribution in [3.05, 3.63) is 72.3 Å². The molecule has 0 unspecified atom stereocenters. The Labute approximate surface area is 185 Å². The molecule has 4 nitrogen and oxygen atoms in total. The molecule has 0 aliphatic heterocycles. The molecule has 0 saturated heterocycles.